The minimum atomic E-state index is -0.237. The third-order valence-electron chi connectivity index (χ3n) is 4.62. The average molecular weight is 285 g/mol. The molecule has 0 heterocycles. The highest BCUT2D eigenvalue weighted by atomic mass is 35.5. The molecule has 0 fully saturated rings. The van der Waals surface area contributed by atoms with Crippen molar-refractivity contribution in [1.29, 1.82) is 0 Å². The van der Waals surface area contributed by atoms with Crippen LogP contribution in [0.1, 0.15) is 47.4 Å². The number of benzene rings is 2. The van der Waals surface area contributed by atoms with Gasteiger partial charge in [0.25, 0.3) is 0 Å². The first-order valence-electron chi connectivity index (χ1n) is 7.23. The fraction of sp³-hybridized carbons (Fsp3) is 0.333. The summed E-state index contributed by atoms with van der Waals surface area (Å²) in [7, 11) is 0. The maximum Gasteiger partial charge on any atom is 0.128 e. The van der Waals surface area contributed by atoms with Gasteiger partial charge in [-0.05, 0) is 35.6 Å². The van der Waals surface area contributed by atoms with E-state index in [1.165, 1.54) is 22.3 Å². The first-order chi connectivity index (χ1) is 9.75. The first-order valence-corrected chi connectivity index (χ1v) is 7.66. The quantitative estimate of drug-likeness (QED) is 0.730. The number of fused-ring (bicyclic) bond motifs is 1. The smallest absolute Gasteiger partial charge is 0.128 e. The second kappa shape index (κ2) is 4.61. The van der Waals surface area contributed by atoms with Crippen LogP contribution in [0.25, 0.3) is 0 Å². The highest BCUT2D eigenvalue weighted by molar-refractivity contribution is 6.19. The number of halogens is 1. The Balaban J connectivity index is 1.89. The molecule has 2 aromatic rings. The summed E-state index contributed by atoms with van der Waals surface area (Å²) in [6.45, 7) is 1.90. The van der Waals surface area contributed by atoms with Crippen molar-refractivity contribution in [3.8, 4) is 0 Å². The summed E-state index contributed by atoms with van der Waals surface area (Å²) in [5, 5.41) is 0. The van der Waals surface area contributed by atoms with E-state index >= 15 is 0 Å². The van der Waals surface area contributed by atoms with E-state index in [4.69, 9.17) is 16.3 Å². The Morgan fingerprint density at radius 2 is 1.45 bits per heavy atom. The summed E-state index contributed by atoms with van der Waals surface area (Å²) in [6.07, 6.45) is 1.23. The normalized spacial score (nSPS) is 27.8. The molecule has 2 atom stereocenters. The molecule has 1 nitrogen and oxygen atoms in total. The predicted octanol–water partition coefficient (Wildman–Crippen LogP) is 4.64. The third kappa shape index (κ3) is 1.73. The van der Waals surface area contributed by atoms with E-state index in [9.17, 15) is 0 Å². The van der Waals surface area contributed by atoms with Gasteiger partial charge < -0.3 is 4.74 Å². The van der Waals surface area contributed by atoms with Crippen LogP contribution in [0.2, 0.25) is 0 Å². The van der Waals surface area contributed by atoms with Gasteiger partial charge in [0.15, 0.2) is 0 Å². The molecule has 0 radical (unpaired) electrons. The number of rotatable bonds is 2. The van der Waals surface area contributed by atoms with Crippen LogP contribution < -0.4 is 0 Å². The minimum Gasteiger partial charge on any atom is -0.359 e. The number of ether oxygens (including phenoxy) is 1. The summed E-state index contributed by atoms with van der Waals surface area (Å²) < 4.78 is 6.00. The van der Waals surface area contributed by atoms with Crippen LogP contribution in [-0.2, 0) is 4.74 Å². The van der Waals surface area contributed by atoms with Crippen LogP contribution in [0.3, 0.4) is 0 Å². The van der Waals surface area contributed by atoms with Crippen molar-refractivity contribution in [2.75, 3.05) is 0 Å². The molecule has 2 heteroatoms. The molecule has 3 aliphatic rings. The van der Waals surface area contributed by atoms with Gasteiger partial charge in [0.05, 0.1) is 6.10 Å². The van der Waals surface area contributed by atoms with Crippen molar-refractivity contribution in [3.05, 3.63) is 70.8 Å². The summed E-state index contributed by atoms with van der Waals surface area (Å²) in [4.78, 5) is 0. The average Bonchev–Trinajstić information content (AvgIpc) is 2.47. The van der Waals surface area contributed by atoms with E-state index in [1.54, 1.807) is 0 Å². The van der Waals surface area contributed by atoms with Gasteiger partial charge in [-0.15, -0.1) is 0 Å². The molecule has 102 valence electrons. The van der Waals surface area contributed by atoms with Gasteiger partial charge in [-0.3, -0.25) is 0 Å². The van der Waals surface area contributed by atoms with Gasteiger partial charge in [0.2, 0.25) is 0 Å². The van der Waals surface area contributed by atoms with Crippen molar-refractivity contribution in [3.63, 3.8) is 0 Å². The van der Waals surface area contributed by atoms with Crippen molar-refractivity contribution < 1.29 is 4.74 Å². The number of hydrogen-bond donors (Lipinski definition) is 0. The second-order valence-electron chi connectivity index (χ2n) is 5.74. The molecule has 0 N–H and O–H groups in total. The zero-order valence-electron chi connectivity index (χ0n) is 11.4. The van der Waals surface area contributed by atoms with Gasteiger partial charge in [-0.1, -0.05) is 60.1 Å². The number of hydrogen-bond acceptors (Lipinski definition) is 1. The minimum absolute atomic E-state index is 0.192. The summed E-state index contributed by atoms with van der Waals surface area (Å²) >= 11 is 6.08. The van der Waals surface area contributed by atoms with E-state index in [2.05, 4.69) is 48.5 Å². The van der Waals surface area contributed by atoms with E-state index in [0.29, 0.717) is 11.8 Å². The molecule has 2 aromatic carbocycles. The zero-order chi connectivity index (χ0) is 13.7. The van der Waals surface area contributed by atoms with Gasteiger partial charge in [-0.2, -0.15) is 0 Å². The fourth-order valence-electron chi connectivity index (χ4n) is 3.96. The molecule has 0 aliphatic heterocycles. The lowest BCUT2D eigenvalue weighted by atomic mass is 9.62. The SMILES string of the molecule is CC(Cl)OC1CC2c3ccccc3C1c1ccccc12. The number of alkyl halides is 1. The highest BCUT2D eigenvalue weighted by Gasteiger charge is 2.43. The summed E-state index contributed by atoms with van der Waals surface area (Å²) in [5.74, 6) is 0.779. The lowest BCUT2D eigenvalue weighted by Crippen LogP contribution is -2.38. The predicted molar refractivity (Wildman–Crippen MR) is 81.4 cm³/mol. The monoisotopic (exact) mass is 284 g/mol. The molecule has 2 bridgehead atoms. The molecule has 2 unspecified atom stereocenters. The van der Waals surface area contributed by atoms with Crippen LogP contribution in [0.15, 0.2) is 48.5 Å². The van der Waals surface area contributed by atoms with Gasteiger partial charge in [0, 0.05) is 11.8 Å². The highest BCUT2D eigenvalue weighted by Crippen LogP contribution is 2.53. The molecule has 0 aromatic heterocycles. The van der Waals surface area contributed by atoms with Gasteiger partial charge in [-0.25, -0.2) is 0 Å². The van der Waals surface area contributed by atoms with E-state index in [-0.39, 0.29) is 11.7 Å². The zero-order valence-corrected chi connectivity index (χ0v) is 12.2. The van der Waals surface area contributed by atoms with Crippen molar-refractivity contribution >= 4 is 11.6 Å². The Bertz CT molecular complexity index is 602. The standard InChI is InChI=1S/C18H17ClO/c1-11(19)20-17-10-16-12-6-2-4-8-14(12)18(17)15-9-5-3-7-13(15)16/h2-9,11,16-18H,10H2,1H3. The Kier molecular flexibility index (Phi) is 2.87. The topological polar surface area (TPSA) is 9.23 Å². The molecule has 3 aliphatic carbocycles. The van der Waals surface area contributed by atoms with Crippen LogP contribution >= 0.6 is 11.6 Å². The van der Waals surface area contributed by atoms with Crippen molar-refractivity contribution in [1.82, 2.24) is 0 Å². The van der Waals surface area contributed by atoms with Crippen LogP contribution in [-0.4, -0.2) is 11.7 Å². The Morgan fingerprint density at radius 1 is 0.950 bits per heavy atom. The third-order valence-corrected chi connectivity index (χ3v) is 4.72. The maximum atomic E-state index is 6.08. The molecule has 20 heavy (non-hydrogen) atoms. The maximum absolute atomic E-state index is 6.08. The van der Waals surface area contributed by atoms with Gasteiger partial charge >= 0.3 is 0 Å². The van der Waals surface area contributed by atoms with Crippen LogP contribution in [0.5, 0.6) is 0 Å². The molecular weight excluding hydrogens is 268 g/mol. The Labute approximate surface area is 124 Å². The van der Waals surface area contributed by atoms with Crippen molar-refractivity contribution in [2.24, 2.45) is 0 Å². The largest absolute Gasteiger partial charge is 0.359 e. The second-order valence-corrected chi connectivity index (χ2v) is 6.36. The first kappa shape index (κ1) is 12.4. The summed E-state index contributed by atoms with van der Waals surface area (Å²) in [6, 6.07) is 17.6. The van der Waals surface area contributed by atoms with Crippen LogP contribution in [0.4, 0.5) is 0 Å². The van der Waals surface area contributed by atoms with Crippen molar-refractivity contribution in [2.45, 2.75) is 36.8 Å². The van der Waals surface area contributed by atoms with Gasteiger partial charge in [0.1, 0.15) is 5.56 Å². The Morgan fingerprint density at radius 3 is 1.95 bits per heavy atom. The molecule has 0 saturated heterocycles. The van der Waals surface area contributed by atoms with Crippen LogP contribution in [0, 0.1) is 0 Å². The fourth-order valence-corrected chi connectivity index (χ4v) is 4.09. The molecule has 0 amide bonds. The van der Waals surface area contributed by atoms with E-state index in [1.807, 2.05) is 6.92 Å². The molecular formula is C18H17ClO. The lowest BCUT2D eigenvalue weighted by molar-refractivity contribution is 0.0117. The molecule has 5 rings (SSSR count). The molecule has 0 spiro atoms. The Hall–Kier alpha value is -1.31. The molecule has 0 saturated carbocycles. The van der Waals surface area contributed by atoms with E-state index in [0.717, 1.165) is 6.42 Å². The lowest BCUT2D eigenvalue weighted by Gasteiger charge is -2.45. The summed E-state index contributed by atoms with van der Waals surface area (Å²) in [5.41, 5.74) is 5.55. The van der Waals surface area contributed by atoms with E-state index < -0.39 is 0 Å².